The fourth-order valence-corrected chi connectivity index (χ4v) is 2.30. The number of thioether (sulfide) groups is 1. The average molecular weight is 228 g/mol. The first kappa shape index (κ1) is 12.3. The summed E-state index contributed by atoms with van der Waals surface area (Å²) in [5.41, 5.74) is 6.91. The van der Waals surface area contributed by atoms with E-state index in [4.69, 9.17) is 5.73 Å². The molecule has 0 spiro atoms. The zero-order valence-corrected chi connectivity index (χ0v) is 10.2. The first-order valence-electron chi connectivity index (χ1n) is 4.84. The summed E-state index contributed by atoms with van der Waals surface area (Å²) in [5, 5.41) is 0. The summed E-state index contributed by atoms with van der Waals surface area (Å²) in [6, 6.07) is 3.21. The highest BCUT2D eigenvalue weighted by molar-refractivity contribution is 7.99. The molecular weight excluding hydrogens is 211 g/mol. The van der Waals surface area contributed by atoms with E-state index < -0.39 is 0 Å². The van der Waals surface area contributed by atoms with Gasteiger partial charge in [0.25, 0.3) is 0 Å². The Morgan fingerprint density at radius 3 is 2.67 bits per heavy atom. The second-order valence-electron chi connectivity index (χ2n) is 3.79. The molecule has 0 heterocycles. The lowest BCUT2D eigenvalue weighted by Crippen LogP contribution is -2.14. The Morgan fingerprint density at radius 2 is 2.07 bits per heavy atom. The van der Waals surface area contributed by atoms with E-state index in [1.54, 1.807) is 18.7 Å². The highest BCUT2D eigenvalue weighted by atomic mass is 32.2. The molecule has 0 saturated heterocycles. The average Bonchev–Trinajstić information content (AvgIpc) is 2.13. The minimum absolute atomic E-state index is 0.232. The number of hydrogen-bond acceptors (Lipinski definition) is 3. The number of rotatable bonds is 4. The predicted molar refractivity (Wildman–Crippen MR) is 64.8 cm³/mol. The summed E-state index contributed by atoms with van der Waals surface area (Å²) in [7, 11) is 4.06. The number of nitrogen functional groups attached to an aromatic ring is 1. The van der Waals surface area contributed by atoms with Crippen molar-refractivity contribution >= 4 is 17.4 Å². The zero-order valence-electron chi connectivity index (χ0n) is 9.38. The first-order chi connectivity index (χ1) is 7.00. The van der Waals surface area contributed by atoms with E-state index in [9.17, 15) is 4.39 Å². The van der Waals surface area contributed by atoms with Crippen LogP contribution in [0.3, 0.4) is 0 Å². The molecule has 0 unspecified atom stereocenters. The molecule has 0 saturated carbocycles. The van der Waals surface area contributed by atoms with Gasteiger partial charge in [-0.3, -0.25) is 0 Å². The molecule has 0 aliphatic carbocycles. The second kappa shape index (κ2) is 5.37. The third kappa shape index (κ3) is 3.72. The Hall–Kier alpha value is -0.740. The number of halogens is 1. The molecule has 0 aliphatic rings. The molecule has 2 N–H and O–H groups in total. The highest BCUT2D eigenvalue weighted by Gasteiger charge is 2.05. The van der Waals surface area contributed by atoms with Crippen molar-refractivity contribution in [1.29, 1.82) is 0 Å². The summed E-state index contributed by atoms with van der Waals surface area (Å²) in [4.78, 5) is 3.08. The molecule has 0 bridgehead atoms. The van der Waals surface area contributed by atoms with Crippen LogP contribution in [0.1, 0.15) is 5.56 Å². The lowest BCUT2D eigenvalue weighted by molar-refractivity contribution is 0.437. The van der Waals surface area contributed by atoms with E-state index in [0.29, 0.717) is 11.3 Å². The van der Waals surface area contributed by atoms with E-state index in [0.717, 1.165) is 17.2 Å². The third-order valence-corrected chi connectivity index (χ3v) is 3.14. The Morgan fingerprint density at radius 1 is 1.40 bits per heavy atom. The molecule has 1 aromatic carbocycles. The van der Waals surface area contributed by atoms with Gasteiger partial charge in [-0.15, -0.1) is 11.8 Å². The normalized spacial score (nSPS) is 11.0. The van der Waals surface area contributed by atoms with Gasteiger partial charge in [-0.25, -0.2) is 4.39 Å². The van der Waals surface area contributed by atoms with Crippen LogP contribution in [0.2, 0.25) is 0 Å². The van der Waals surface area contributed by atoms with E-state index in [1.807, 2.05) is 20.2 Å². The molecular formula is C11H17FN2S. The molecule has 0 radical (unpaired) electrons. The lowest BCUT2D eigenvalue weighted by Gasteiger charge is -2.10. The molecule has 1 aromatic rings. The molecule has 1 rings (SSSR count). The van der Waals surface area contributed by atoms with Crippen molar-refractivity contribution in [2.24, 2.45) is 0 Å². The van der Waals surface area contributed by atoms with Gasteiger partial charge >= 0.3 is 0 Å². The summed E-state index contributed by atoms with van der Waals surface area (Å²) < 4.78 is 13.1. The Balaban J connectivity index is 2.65. The summed E-state index contributed by atoms with van der Waals surface area (Å²) in [5.74, 6) is 0.729. The van der Waals surface area contributed by atoms with Gasteiger partial charge in [0.2, 0.25) is 0 Å². The molecule has 0 aliphatic heterocycles. The van der Waals surface area contributed by atoms with Crippen molar-refractivity contribution in [2.45, 2.75) is 11.8 Å². The number of nitrogens with two attached hydrogens (primary N) is 1. The van der Waals surface area contributed by atoms with E-state index in [2.05, 4.69) is 4.90 Å². The van der Waals surface area contributed by atoms with Gasteiger partial charge in [-0.2, -0.15) is 0 Å². The van der Waals surface area contributed by atoms with Gasteiger partial charge in [0, 0.05) is 22.9 Å². The molecule has 84 valence electrons. The van der Waals surface area contributed by atoms with E-state index in [1.165, 1.54) is 6.07 Å². The maximum Gasteiger partial charge on any atom is 0.128 e. The molecule has 0 atom stereocenters. The van der Waals surface area contributed by atoms with Gasteiger partial charge in [0.05, 0.1) is 0 Å². The minimum atomic E-state index is -0.232. The predicted octanol–water partition coefficient (Wildman–Crippen LogP) is 2.37. The van der Waals surface area contributed by atoms with Gasteiger partial charge < -0.3 is 10.6 Å². The Kier molecular flexibility index (Phi) is 4.42. The molecule has 0 aromatic heterocycles. The van der Waals surface area contributed by atoms with Crippen LogP contribution >= 0.6 is 11.8 Å². The maximum atomic E-state index is 13.1. The third-order valence-electron chi connectivity index (χ3n) is 2.09. The number of aryl methyl sites for hydroxylation is 1. The minimum Gasteiger partial charge on any atom is -0.398 e. The van der Waals surface area contributed by atoms with Crippen LogP contribution in [-0.4, -0.2) is 31.3 Å². The molecule has 0 fully saturated rings. The van der Waals surface area contributed by atoms with Crippen molar-refractivity contribution in [3.63, 3.8) is 0 Å². The summed E-state index contributed by atoms with van der Waals surface area (Å²) in [6.45, 7) is 2.74. The molecule has 4 heteroatoms. The van der Waals surface area contributed by atoms with Crippen molar-refractivity contribution in [2.75, 3.05) is 32.1 Å². The SMILES string of the molecule is Cc1cc(SCCN(C)C)c(N)cc1F. The fourth-order valence-electron chi connectivity index (χ4n) is 1.13. The van der Waals surface area contributed by atoms with Gasteiger partial charge in [0.15, 0.2) is 0 Å². The van der Waals surface area contributed by atoms with Crippen LogP contribution in [0, 0.1) is 12.7 Å². The van der Waals surface area contributed by atoms with Crippen molar-refractivity contribution in [3.8, 4) is 0 Å². The van der Waals surface area contributed by atoms with E-state index in [-0.39, 0.29) is 5.82 Å². The monoisotopic (exact) mass is 228 g/mol. The molecule has 15 heavy (non-hydrogen) atoms. The van der Waals surface area contributed by atoms with Crippen LogP contribution in [0.15, 0.2) is 17.0 Å². The lowest BCUT2D eigenvalue weighted by atomic mass is 10.2. The summed E-state index contributed by atoms with van der Waals surface area (Å²) in [6.07, 6.45) is 0. The fraction of sp³-hybridized carbons (Fsp3) is 0.455. The van der Waals surface area contributed by atoms with Crippen molar-refractivity contribution in [3.05, 3.63) is 23.5 Å². The number of nitrogens with zero attached hydrogens (tertiary/aromatic N) is 1. The van der Waals surface area contributed by atoms with Crippen LogP contribution in [0.25, 0.3) is 0 Å². The Bertz CT molecular complexity index is 340. The second-order valence-corrected chi connectivity index (χ2v) is 4.93. The number of hydrogen-bond donors (Lipinski definition) is 1. The number of anilines is 1. The number of benzene rings is 1. The van der Waals surface area contributed by atoms with Crippen LogP contribution < -0.4 is 5.73 Å². The largest absolute Gasteiger partial charge is 0.398 e. The van der Waals surface area contributed by atoms with Crippen LogP contribution in [0.4, 0.5) is 10.1 Å². The zero-order chi connectivity index (χ0) is 11.4. The summed E-state index contributed by atoms with van der Waals surface area (Å²) >= 11 is 1.66. The quantitative estimate of drug-likeness (QED) is 0.633. The Labute approximate surface area is 94.6 Å². The van der Waals surface area contributed by atoms with Gasteiger partial charge in [-0.1, -0.05) is 0 Å². The van der Waals surface area contributed by atoms with Crippen molar-refractivity contribution in [1.82, 2.24) is 4.90 Å². The molecule has 2 nitrogen and oxygen atoms in total. The smallest absolute Gasteiger partial charge is 0.128 e. The van der Waals surface area contributed by atoms with Crippen molar-refractivity contribution < 1.29 is 4.39 Å². The van der Waals surface area contributed by atoms with E-state index >= 15 is 0 Å². The first-order valence-corrected chi connectivity index (χ1v) is 5.82. The maximum absolute atomic E-state index is 13.1. The molecule has 0 amide bonds. The van der Waals surface area contributed by atoms with Gasteiger partial charge in [-0.05, 0) is 38.7 Å². The van der Waals surface area contributed by atoms with Crippen LogP contribution in [-0.2, 0) is 0 Å². The highest BCUT2D eigenvalue weighted by Crippen LogP contribution is 2.27. The van der Waals surface area contributed by atoms with Crippen LogP contribution in [0.5, 0.6) is 0 Å². The topological polar surface area (TPSA) is 29.3 Å². The standard InChI is InChI=1S/C11H17FN2S/c1-8-6-11(10(13)7-9(8)12)15-5-4-14(2)3/h6-7H,4-5,13H2,1-3H3. The van der Waals surface area contributed by atoms with Gasteiger partial charge in [0.1, 0.15) is 5.82 Å².